The summed E-state index contributed by atoms with van der Waals surface area (Å²) >= 11 is 0. The van der Waals surface area contributed by atoms with Crippen LogP contribution in [0.5, 0.6) is 5.75 Å². The van der Waals surface area contributed by atoms with Crippen molar-refractivity contribution in [1.82, 2.24) is 5.43 Å². The Labute approximate surface area is 112 Å². The van der Waals surface area contributed by atoms with Crippen LogP contribution in [0.1, 0.15) is 17.3 Å². The van der Waals surface area contributed by atoms with Crippen LogP contribution >= 0.6 is 0 Å². The molecule has 1 aromatic carbocycles. The fraction of sp³-hybridized carbons (Fsp3) is 0.462. The fourth-order valence-corrected chi connectivity index (χ4v) is 1.43. The molecule has 0 fully saturated rings. The summed E-state index contributed by atoms with van der Waals surface area (Å²) in [5.74, 6) is 5.21. The van der Waals surface area contributed by atoms with Gasteiger partial charge in [-0.25, -0.2) is 5.84 Å². The highest BCUT2D eigenvalue weighted by molar-refractivity contribution is 5.96. The smallest absolute Gasteiger partial charge is 0.268 e. The van der Waals surface area contributed by atoms with E-state index in [0.29, 0.717) is 44.3 Å². The summed E-state index contributed by atoms with van der Waals surface area (Å²) in [6.07, 6.45) is 0. The van der Waals surface area contributed by atoms with Crippen LogP contribution in [0.25, 0.3) is 0 Å². The summed E-state index contributed by atoms with van der Waals surface area (Å²) in [6.45, 7) is 4.52. The van der Waals surface area contributed by atoms with Crippen molar-refractivity contribution in [2.45, 2.75) is 6.92 Å². The molecule has 0 saturated carbocycles. The third-order valence-electron chi connectivity index (χ3n) is 2.32. The van der Waals surface area contributed by atoms with Crippen molar-refractivity contribution >= 4 is 5.91 Å². The SMILES string of the molecule is CCOCCOCCOc1ccccc1C(=O)NN. The van der Waals surface area contributed by atoms with Crippen molar-refractivity contribution in [3.8, 4) is 5.75 Å². The normalized spacial score (nSPS) is 10.2. The van der Waals surface area contributed by atoms with Crippen molar-refractivity contribution in [3.63, 3.8) is 0 Å². The van der Waals surface area contributed by atoms with E-state index in [1.165, 1.54) is 0 Å². The van der Waals surface area contributed by atoms with Gasteiger partial charge in [-0.05, 0) is 19.1 Å². The quantitative estimate of drug-likeness (QED) is 0.298. The van der Waals surface area contributed by atoms with E-state index in [1.54, 1.807) is 24.3 Å². The summed E-state index contributed by atoms with van der Waals surface area (Å²) in [4.78, 5) is 11.5. The van der Waals surface area contributed by atoms with Crippen LogP contribution in [0.2, 0.25) is 0 Å². The second-order valence-corrected chi connectivity index (χ2v) is 3.63. The lowest BCUT2D eigenvalue weighted by molar-refractivity contribution is 0.0403. The average Bonchev–Trinajstić information content (AvgIpc) is 2.46. The number of nitrogen functional groups attached to an aromatic ring is 1. The number of hydrazine groups is 1. The number of carbonyl (C=O) groups excluding carboxylic acids is 1. The molecule has 1 amide bonds. The minimum absolute atomic E-state index is 0.362. The Bertz CT molecular complexity index is 385. The summed E-state index contributed by atoms with van der Waals surface area (Å²) in [7, 11) is 0. The minimum atomic E-state index is -0.382. The topological polar surface area (TPSA) is 82.8 Å². The van der Waals surface area contributed by atoms with Gasteiger partial charge in [0.1, 0.15) is 12.4 Å². The molecule has 0 spiro atoms. The Hall–Kier alpha value is -1.63. The zero-order valence-electron chi connectivity index (χ0n) is 11.1. The number of benzene rings is 1. The first-order valence-electron chi connectivity index (χ1n) is 6.17. The van der Waals surface area contributed by atoms with Crippen molar-refractivity contribution < 1.29 is 19.0 Å². The van der Waals surface area contributed by atoms with Gasteiger partial charge in [-0.1, -0.05) is 12.1 Å². The lowest BCUT2D eigenvalue weighted by atomic mass is 10.2. The van der Waals surface area contributed by atoms with Crippen LogP contribution in [0.15, 0.2) is 24.3 Å². The molecule has 0 bridgehead atoms. The van der Waals surface area contributed by atoms with Gasteiger partial charge >= 0.3 is 0 Å². The van der Waals surface area contributed by atoms with Crippen molar-refractivity contribution in [1.29, 1.82) is 0 Å². The first-order chi connectivity index (χ1) is 9.29. The van der Waals surface area contributed by atoms with Gasteiger partial charge in [-0.15, -0.1) is 0 Å². The molecule has 0 aliphatic carbocycles. The molecule has 106 valence electrons. The molecule has 6 heteroatoms. The van der Waals surface area contributed by atoms with Gasteiger partial charge in [0.15, 0.2) is 0 Å². The van der Waals surface area contributed by atoms with Crippen LogP contribution in [0.4, 0.5) is 0 Å². The Morgan fingerprint density at radius 3 is 2.58 bits per heavy atom. The second-order valence-electron chi connectivity index (χ2n) is 3.63. The minimum Gasteiger partial charge on any atom is -0.490 e. The van der Waals surface area contributed by atoms with Crippen LogP contribution in [-0.2, 0) is 9.47 Å². The summed E-state index contributed by atoms with van der Waals surface area (Å²) in [6, 6.07) is 6.90. The zero-order chi connectivity index (χ0) is 13.9. The Morgan fingerprint density at radius 1 is 1.16 bits per heavy atom. The maximum atomic E-state index is 11.5. The van der Waals surface area contributed by atoms with Crippen LogP contribution < -0.4 is 16.0 Å². The highest BCUT2D eigenvalue weighted by Crippen LogP contribution is 2.17. The van der Waals surface area contributed by atoms with E-state index in [1.807, 2.05) is 6.92 Å². The third kappa shape index (κ3) is 5.69. The number of amides is 1. The molecule has 0 aliphatic heterocycles. The van der Waals surface area contributed by atoms with E-state index in [4.69, 9.17) is 20.1 Å². The number of carbonyl (C=O) groups is 1. The van der Waals surface area contributed by atoms with Crippen LogP contribution in [0, 0.1) is 0 Å². The number of para-hydroxylation sites is 1. The third-order valence-corrected chi connectivity index (χ3v) is 2.32. The average molecular weight is 268 g/mol. The largest absolute Gasteiger partial charge is 0.490 e. The standard InChI is InChI=1S/C13H20N2O4/c1-2-17-7-8-18-9-10-19-12-6-4-3-5-11(12)13(16)15-14/h3-6H,2,7-10,14H2,1H3,(H,15,16). The second kappa shape index (κ2) is 9.32. The van der Waals surface area contributed by atoms with E-state index < -0.39 is 0 Å². The Kier molecular flexibility index (Phi) is 7.57. The first-order valence-corrected chi connectivity index (χ1v) is 6.17. The molecule has 1 rings (SSSR count). The Balaban J connectivity index is 2.31. The predicted octanol–water partition coefficient (Wildman–Crippen LogP) is 0.722. The van der Waals surface area contributed by atoms with Gasteiger partial charge in [-0.2, -0.15) is 0 Å². The highest BCUT2D eigenvalue weighted by atomic mass is 16.5. The van der Waals surface area contributed by atoms with E-state index in [-0.39, 0.29) is 5.91 Å². The monoisotopic (exact) mass is 268 g/mol. The molecule has 6 nitrogen and oxygen atoms in total. The number of hydrogen-bond donors (Lipinski definition) is 2. The van der Waals surface area contributed by atoms with Crippen LogP contribution in [0.3, 0.4) is 0 Å². The van der Waals surface area contributed by atoms with Gasteiger partial charge in [0.25, 0.3) is 5.91 Å². The molecule has 0 aliphatic rings. The summed E-state index contributed by atoms with van der Waals surface area (Å²) in [5.41, 5.74) is 2.48. The molecule has 19 heavy (non-hydrogen) atoms. The molecule has 0 unspecified atom stereocenters. The molecule has 0 heterocycles. The molecule has 0 aromatic heterocycles. The van der Waals surface area contributed by atoms with Gasteiger partial charge in [0.05, 0.1) is 25.4 Å². The van der Waals surface area contributed by atoms with Crippen molar-refractivity contribution in [2.75, 3.05) is 33.0 Å². The van der Waals surface area contributed by atoms with Crippen LogP contribution in [-0.4, -0.2) is 38.9 Å². The maximum Gasteiger partial charge on any atom is 0.268 e. The van der Waals surface area contributed by atoms with Crippen molar-refractivity contribution in [2.24, 2.45) is 5.84 Å². The molecular weight excluding hydrogens is 248 g/mol. The van der Waals surface area contributed by atoms with E-state index >= 15 is 0 Å². The summed E-state index contributed by atoms with van der Waals surface area (Å²) < 4.78 is 15.9. The summed E-state index contributed by atoms with van der Waals surface area (Å²) in [5, 5.41) is 0. The highest BCUT2D eigenvalue weighted by Gasteiger charge is 2.09. The van der Waals surface area contributed by atoms with Gasteiger partial charge in [0, 0.05) is 6.61 Å². The fourth-order valence-electron chi connectivity index (χ4n) is 1.43. The molecule has 0 radical (unpaired) electrons. The molecule has 3 N–H and O–H groups in total. The predicted molar refractivity (Wildman–Crippen MR) is 70.9 cm³/mol. The van der Waals surface area contributed by atoms with E-state index in [2.05, 4.69) is 5.43 Å². The number of hydrogen-bond acceptors (Lipinski definition) is 5. The molecule has 0 atom stereocenters. The van der Waals surface area contributed by atoms with Crippen molar-refractivity contribution in [3.05, 3.63) is 29.8 Å². The van der Waals surface area contributed by atoms with E-state index in [9.17, 15) is 4.79 Å². The number of ether oxygens (including phenoxy) is 3. The number of rotatable bonds is 9. The van der Waals surface area contributed by atoms with E-state index in [0.717, 1.165) is 0 Å². The van der Waals surface area contributed by atoms with Gasteiger partial charge in [0.2, 0.25) is 0 Å². The number of nitrogens with two attached hydrogens (primary N) is 1. The maximum absolute atomic E-state index is 11.5. The van der Waals surface area contributed by atoms with Gasteiger partial charge < -0.3 is 14.2 Å². The first kappa shape index (κ1) is 15.4. The Morgan fingerprint density at radius 2 is 1.84 bits per heavy atom. The lowest BCUT2D eigenvalue weighted by Gasteiger charge is -2.10. The zero-order valence-corrected chi connectivity index (χ0v) is 11.1. The molecule has 1 aromatic rings. The molecular formula is C13H20N2O4. The number of nitrogens with one attached hydrogen (secondary N) is 1. The lowest BCUT2D eigenvalue weighted by Crippen LogP contribution is -2.30. The molecule has 0 saturated heterocycles. The van der Waals surface area contributed by atoms with Gasteiger partial charge in [-0.3, -0.25) is 10.2 Å².